The van der Waals surface area contributed by atoms with E-state index in [4.69, 9.17) is 19.2 Å². The summed E-state index contributed by atoms with van der Waals surface area (Å²) in [6.45, 7) is 4.20. The van der Waals surface area contributed by atoms with Gasteiger partial charge < -0.3 is 18.8 Å². The lowest BCUT2D eigenvalue weighted by molar-refractivity contribution is 0.0956. The Balaban J connectivity index is 1.49. The van der Waals surface area contributed by atoms with E-state index in [0.29, 0.717) is 40.1 Å². The highest BCUT2D eigenvalue weighted by molar-refractivity contribution is 6.07. The maximum Gasteiger partial charge on any atom is 0.272 e. The van der Waals surface area contributed by atoms with Gasteiger partial charge in [-0.3, -0.25) is 4.79 Å². The Morgan fingerprint density at radius 1 is 1.03 bits per heavy atom. The predicted molar refractivity (Wildman–Crippen MR) is 144 cm³/mol. The largest absolute Gasteiger partial charge is 0.493 e. The quantitative estimate of drug-likeness (QED) is 0.258. The maximum absolute atomic E-state index is 13.3. The minimum Gasteiger partial charge on any atom is -0.493 e. The van der Waals surface area contributed by atoms with Crippen molar-refractivity contribution in [2.75, 3.05) is 21.3 Å². The standard InChI is InChI=1S/C29H30N4O4/c1-17-12-20(18(2)33(17)21-10-11-21)16-30-32-29(34)23-15-25(31-24-9-7-6-8-22(23)24)19-13-26(35-3)28(37-5)27(14-19)36-4/h6-9,12-16,21H,10-11H2,1-5H3,(H,32,34)/b30-16+. The summed E-state index contributed by atoms with van der Waals surface area (Å²) < 4.78 is 18.8. The van der Waals surface area contributed by atoms with E-state index in [1.807, 2.05) is 36.4 Å². The van der Waals surface area contributed by atoms with E-state index >= 15 is 0 Å². The lowest BCUT2D eigenvalue weighted by Crippen LogP contribution is -2.18. The first kappa shape index (κ1) is 24.4. The van der Waals surface area contributed by atoms with Gasteiger partial charge in [-0.05, 0) is 57.0 Å². The van der Waals surface area contributed by atoms with E-state index in [-0.39, 0.29) is 5.91 Å². The monoisotopic (exact) mass is 498 g/mol. The fraction of sp³-hybridized carbons (Fsp3) is 0.276. The second-order valence-electron chi connectivity index (χ2n) is 9.11. The number of hydrogen-bond acceptors (Lipinski definition) is 6. The van der Waals surface area contributed by atoms with Gasteiger partial charge in [0, 0.05) is 33.9 Å². The Morgan fingerprint density at radius 3 is 2.38 bits per heavy atom. The lowest BCUT2D eigenvalue weighted by Gasteiger charge is -2.15. The third-order valence-corrected chi connectivity index (χ3v) is 6.73. The van der Waals surface area contributed by atoms with Crippen molar-refractivity contribution in [2.45, 2.75) is 32.7 Å². The maximum atomic E-state index is 13.3. The zero-order valence-corrected chi connectivity index (χ0v) is 21.7. The number of rotatable bonds is 8. The van der Waals surface area contributed by atoms with Gasteiger partial charge in [-0.25, -0.2) is 10.4 Å². The van der Waals surface area contributed by atoms with Crippen molar-refractivity contribution in [3.63, 3.8) is 0 Å². The second-order valence-corrected chi connectivity index (χ2v) is 9.11. The molecule has 2 aromatic carbocycles. The third kappa shape index (κ3) is 4.62. The van der Waals surface area contributed by atoms with Crippen molar-refractivity contribution in [2.24, 2.45) is 5.10 Å². The summed E-state index contributed by atoms with van der Waals surface area (Å²) in [7, 11) is 4.68. The molecule has 1 N–H and O–H groups in total. The molecule has 0 atom stereocenters. The van der Waals surface area contributed by atoms with Crippen molar-refractivity contribution in [1.29, 1.82) is 0 Å². The van der Waals surface area contributed by atoms with E-state index in [9.17, 15) is 4.79 Å². The molecule has 1 aliphatic carbocycles. The molecule has 1 aliphatic rings. The fourth-order valence-corrected chi connectivity index (χ4v) is 4.79. The molecule has 1 amide bonds. The predicted octanol–water partition coefficient (Wildman–Crippen LogP) is 5.44. The van der Waals surface area contributed by atoms with Gasteiger partial charge in [-0.1, -0.05) is 18.2 Å². The molecule has 0 radical (unpaired) electrons. The van der Waals surface area contributed by atoms with Crippen LogP contribution in [0, 0.1) is 13.8 Å². The number of ether oxygens (including phenoxy) is 3. The normalized spacial score (nSPS) is 13.2. The number of aryl methyl sites for hydroxylation is 1. The first-order valence-electron chi connectivity index (χ1n) is 12.2. The number of methoxy groups -OCH3 is 3. The second kappa shape index (κ2) is 9.97. The molecule has 8 nitrogen and oxygen atoms in total. The van der Waals surface area contributed by atoms with Gasteiger partial charge in [0.25, 0.3) is 5.91 Å². The molecule has 2 aromatic heterocycles. The highest BCUT2D eigenvalue weighted by Crippen LogP contribution is 2.41. The van der Waals surface area contributed by atoms with E-state index in [2.05, 4.69) is 35.0 Å². The molecule has 5 rings (SSSR count). The smallest absolute Gasteiger partial charge is 0.272 e. The van der Waals surface area contributed by atoms with Gasteiger partial charge in [0.15, 0.2) is 11.5 Å². The van der Waals surface area contributed by atoms with Crippen LogP contribution in [-0.4, -0.2) is 43.0 Å². The number of para-hydroxylation sites is 1. The summed E-state index contributed by atoms with van der Waals surface area (Å²) in [6, 6.07) is 15.6. The van der Waals surface area contributed by atoms with Crippen molar-refractivity contribution in [3.05, 3.63) is 71.0 Å². The molecule has 4 aromatic rings. The molecule has 1 saturated carbocycles. The summed E-state index contributed by atoms with van der Waals surface area (Å²) in [4.78, 5) is 18.1. The Kier molecular flexibility index (Phi) is 6.56. The van der Waals surface area contributed by atoms with Crippen LogP contribution in [0.25, 0.3) is 22.2 Å². The number of nitrogens with one attached hydrogen (secondary N) is 1. The Morgan fingerprint density at radius 2 is 1.73 bits per heavy atom. The van der Waals surface area contributed by atoms with Crippen LogP contribution in [0.5, 0.6) is 17.2 Å². The van der Waals surface area contributed by atoms with Crippen LogP contribution >= 0.6 is 0 Å². The van der Waals surface area contributed by atoms with E-state index in [0.717, 1.165) is 22.2 Å². The summed E-state index contributed by atoms with van der Waals surface area (Å²) in [5, 5.41) is 5.02. The van der Waals surface area contributed by atoms with Crippen LogP contribution in [0.3, 0.4) is 0 Å². The van der Waals surface area contributed by atoms with Crippen LogP contribution in [-0.2, 0) is 0 Å². The number of carbonyl (C=O) groups excluding carboxylic acids is 1. The molecule has 37 heavy (non-hydrogen) atoms. The number of amides is 1. The summed E-state index contributed by atoms with van der Waals surface area (Å²) in [5.41, 5.74) is 8.57. The Bertz CT molecular complexity index is 1490. The van der Waals surface area contributed by atoms with Gasteiger partial charge in [0.05, 0.1) is 44.3 Å². The van der Waals surface area contributed by atoms with Crippen molar-refractivity contribution in [3.8, 4) is 28.5 Å². The first-order valence-corrected chi connectivity index (χ1v) is 12.2. The molecule has 190 valence electrons. The zero-order chi connectivity index (χ0) is 26.1. The zero-order valence-electron chi connectivity index (χ0n) is 21.7. The number of hydrazone groups is 1. The van der Waals surface area contributed by atoms with Gasteiger partial charge >= 0.3 is 0 Å². The van der Waals surface area contributed by atoms with Crippen LogP contribution in [0.4, 0.5) is 0 Å². The lowest BCUT2D eigenvalue weighted by atomic mass is 10.0. The molecule has 2 heterocycles. The van der Waals surface area contributed by atoms with E-state index in [1.165, 1.54) is 18.5 Å². The van der Waals surface area contributed by atoms with Gasteiger partial charge in [0.2, 0.25) is 5.75 Å². The molecule has 1 fully saturated rings. The molecule has 0 aliphatic heterocycles. The Hall–Kier alpha value is -4.33. The topological polar surface area (TPSA) is 87.0 Å². The summed E-state index contributed by atoms with van der Waals surface area (Å²) in [6.07, 6.45) is 4.14. The van der Waals surface area contributed by atoms with E-state index in [1.54, 1.807) is 33.6 Å². The Labute approximate surface area is 215 Å². The van der Waals surface area contributed by atoms with E-state index < -0.39 is 0 Å². The molecular formula is C29H30N4O4. The number of fused-ring (bicyclic) bond motifs is 1. The van der Waals surface area contributed by atoms with Crippen molar-refractivity contribution < 1.29 is 19.0 Å². The minimum atomic E-state index is -0.320. The van der Waals surface area contributed by atoms with Crippen LogP contribution in [0.2, 0.25) is 0 Å². The number of benzene rings is 2. The average molecular weight is 499 g/mol. The van der Waals surface area contributed by atoms with Gasteiger partial charge in [-0.15, -0.1) is 0 Å². The molecule has 0 unspecified atom stereocenters. The number of carbonyl (C=O) groups is 1. The first-order chi connectivity index (χ1) is 17.9. The number of aromatic nitrogens is 2. The highest BCUT2D eigenvalue weighted by Gasteiger charge is 2.26. The van der Waals surface area contributed by atoms with Crippen LogP contribution in [0.15, 0.2) is 53.6 Å². The van der Waals surface area contributed by atoms with Gasteiger partial charge in [0.1, 0.15) is 0 Å². The summed E-state index contributed by atoms with van der Waals surface area (Å²) >= 11 is 0. The minimum absolute atomic E-state index is 0.320. The molecule has 8 heteroatoms. The molecule has 0 spiro atoms. The van der Waals surface area contributed by atoms with Crippen LogP contribution in [0.1, 0.15) is 46.2 Å². The molecule has 0 saturated heterocycles. The fourth-order valence-electron chi connectivity index (χ4n) is 4.79. The number of hydrogen-bond donors (Lipinski definition) is 1. The SMILES string of the molecule is COc1cc(-c2cc(C(=O)N/N=C/c3cc(C)n(C4CC4)c3C)c3ccccc3n2)cc(OC)c1OC. The van der Waals surface area contributed by atoms with Crippen molar-refractivity contribution >= 4 is 23.0 Å². The molecule has 0 bridgehead atoms. The van der Waals surface area contributed by atoms with Crippen LogP contribution < -0.4 is 19.6 Å². The summed E-state index contributed by atoms with van der Waals surface area (Å²) in [5.74, 6) is 1.18. The third-order valence-electron chi connectivity index (χ3n) is 6.73. The highest BCUT2D eigenvalue weighted by atomic mass is 16.5. The van der Waals surface area contributed by atoms with Gasteiger partial charge in [-0.2, -0.15) is 5.10 Å². The molecular weight excluding hydrogens is 468 g/mol. The number of pyridine rings is 1. The average Bonchev–Trinajstić information content (AvgIpc) is 3.71. The number of nitrogens with zero attached hydrogens (tertiary/aromatic N) is 3. The van der Waals surface area contributed by atoms with Crippen molar-refractivity contribution in [1.82, 2.24) is 15.0 Å².